The molecule has 2 aromatic heterocycles. The van der Waals surface area contributed by atoms with Gasteiger partial charge in [-0.05, 0) is 30.2 Å². The van der Waals surface area contributed by atoms with Crippen LogP contribution in [0.5, 0.6) is 5.75 Å². The molecule has 0 unspecified atom stereocenters. The second kappa shape index (κ2) is 5.23. The van der Waals surface area contributed by atoms with Crippen LogP contribution in [0.1, 0.15) is 12.5 Å². The zero-order chi connectivity index (χ0) is 16.8. The van der Waals surface area contributed by atoms with Gasteiger partial charge in [-0.3, -0.25) is 4.79 Å². The van der Waals surface area contributed by atoms with Crippen LogP contribution in [0.15, 0.2) is 51.9 Å². The van der Waals surface area contributed by atoms with E-state index in [0.717, 1.165) is 16.6 Å². The predicted molar refractivity (Wildman–Crippen MR) is 93.2 cm³/mol. The van der Waals surface area contributed by atoms with Crippen LogP contribution >= 0.6 is 0 Å². The van der Waals surface area contributed by atoms with Crippen molar-refractivity contribution in [1.82, 2.24) is 9.55 Å². The van der Waals surface area contributed by atoms with Crippen molar-refractivity contribution in [1.29, 1.82) is 0 Å². The fourth-order valence-corrected chi connectivity index (χ4v) is 3.03. The molecule has 4 aromatic rings. The Morgan fingerprint density at radius 3 is 2.79 bits per heavy atom. The van der Waals surface area contributed by atoms with Crippen molar-refractivity contribution in [3.8, 4) is 17.1 Å². The Morgan fingerprint density at radius 2 is 2.04 bits per heavy atom. The maximum Gasteiger partial charge on any atom is 0.203 e. The van der Waals surface area contributed by atoms with Crippen LogP contribution in [0.2, 0.25) is 0 Å². The lowest BCUT2D eigenvalue weighted by molar-refractivity contribution is 0.467. The summed E-state index contributed by atoms with van der Waals surface area (Å²) in [5, 5.41) is 10.4. The molecular weight excluding hydrogens is 304 g/mol. The second-order valence-electron chi connectivity index (χ2n) is 5.79. The van der Waals surface area contributed by atoms with Crippen molar-refractivity contribution in [3.05, 3.63) is 58.4 Å². The summed E-state index contributed by atoms with van der Waals surface area (Å²) in [7, 11) is 1.88. The van der Waals surface area contributed by atoms with E-state index in [0.29, 0.717) is 28.8 Å². The van der Waals surface area contributed by atoms with Crippen LogP contribution in [0.25, 0.3) is 33.4 Å². The Hall–Kier alpha value is -3.08. The lowest BCUT2D eigenvalue weighted by Crippen LogP contribution is -2.08. The summed E-state index contributed by atoms with van der Waals surface area (Å²) in [6, 6.07) is 10.9. The summed E-state index contributed by atoms with van der Waals surface area (Å²) in [5.41, 5.74) is 3.13. The lowest BCUT2D eigenvalue weighted by atomic mass is 10.1. The first kappa shape index (κ1) is 14.5. The first-order valence-corrected chi connectivity index (χ1v) is 7.79. The van der Waals surface area contributed by atoms with Gasteiger partial charge < -0.3 is 14.1 Å². The van der Waals surface area contributed by atoms with Gasteiger partial charge in [0.25, 0.3) is 0 Å². The number of fused-ring (bicyclic) bond motifs is 2. The van der Waals surface area contributed by atoms with Gasteiger partial charge in [-0.1, -0.05) is 19.1 Å². The molecule has 0 radical (unpaired) electrons. The zero-order valence-electron chi connectivity index (χ0n) is 13.4. The van der Waals surface area contributed by atoms with E-state index in [-0.39, 0.29) is 11.2 Å². The van der Waals surface area contributed by atoms with E-state index in [1.165, 1.54) is 12.3 Å². The highest BCUT2D eigenvalue weighted by Gasteiger charge is 2.16. The van der Waals surface area contributed by atoms with Crippen LogP contribution in [0, 0.1) is 0 Å². The third-order valence-corrected chi connectivity index (χ3v) is 4.38. The molecule has 1 N–H and O–H groups in total. The number of phenolic OH excluding ortho intramolecular Hbond substituents is 1. The average Bonchev–Trinajstić information content (AvgIpc) is 2.92. The minimum Gasteiger partial charge on any atom is -0.508 e. The van der Waals surface area contributed by atoms with Gasteiger partial charge in [-0.15, -0.1) is 0 Å². The standard InChI is InChI=1S/C19H16N2O3/c1-3-11-8-12-17(9-16(11)22)24-10-13(18(12)23)19-20-14-6-4-5-7-15(14)21(19)2/h4-10,22H,3H2,1-2H3. The Morgan fingerprint density at radius 1 is 1.25 bits per heavy atom. The fourth-order valence-electron chi connectivity index (χ4n) is 3.03. The van der Waals surface area contributed by atoms with Gasteiger partial charge >= 0.3 is 0 Å². The highest BCUT2D eigenvalue weighted by Crippen LogP contribution is 2.27. The molecule has 0 aliphatic carbocycles. The second-order valence-corrected chi connectivity index (χ2v) is 5.79. The van der Waals surface area contributed by atoms with E-state index >= 15 is 0 Å². The molecule has 120 valence electrons. The first-order chi connectivity index (χ1) is 11.6. The summed E-state index contributed by atoms with van der Waals surface area (Å²) in [5.74, 6) is 0.710. The van der Waals surface area contributed by atoms with Crippen molar-refractivity contribution in [2.75, 3.05) is 0 Å². The molecular formula is C19H16N2O3. The number of aromatic hydroxyl groups is 1. The number of aryl methyl sites for hydroxylation is 2. The molecule has 5 nitrogen and oxygen atoms in total. The third kappa shape index (κ3) is 2.01. The predicted octanol–water partition coefficient (Wildman–Crippen LogP) is 3.61. The van der Waals surface area contributed by atoms with Gasteiger partial charge in [0.1, 0.15) is 29.0 Å². The minimum atomic E-state index is -0.149. The molecule has 0 saturated carbocycles. The summed E-state index contributed by atoms with van der Waals surface area (Å²) in [4.78, 5) is 17.5. The van der Waals surface area contributed by atoms with Crippen LogP contribution in [0.4, 0.5) is 0 Å². The monoisotopic (exact) mass is 320 g/mol. The van der Waals surface area contributed by atoms with E-state index < -0.39 is 0 Å². The number of phenols is 1. The molecule has 0 bridgehead atoms. The van der Waals surface area contributed by atoms with Gasteiger partial charge in [-0.25, -0.2) is 4.98 Å². The number of aromatic nitrogens is 2. The molecule has 0 atom stereocenters. The highest BCUT2D eigenvalue weighted by molar-refractivity contribution is 5.85. The molecule has 24 heavy (non-hydrogen) atoms. The molecule has 2 heterocycles. The zero-order valence-corrected chi connectivity index (χ0v) is 13.4. The summed E-state index contributed by atoms with van der Waals surface area (Å²) >= 11 is 0. The van der Waals surface area contributed by atoms with E-state index in [4.69, 9.17) is 4.42 Å². The number of rotatable bonds is 2. The van der Waals surface area contributed by atoms with Crippen molar-refractivity contribution >= 4 is 22.0 Å². The van der Waals surface area contributed by atoms with Gasteiger partial charge in [0, 0.05) is 13.1 Å². The third-order valence-electron chi connectivity index (χ3n) is 4.38. The smallest absolute Gasteiger partial charge is 0.203 e. The highest BCUT2D eigenvalue weighted by atomic mass is 16.3. The van der Waals surface area contributed by atoms with Gasteiger partial charge in [0.15, 0.2) is 0 Å². The van der Waals surface area contributed by atoms with Crippen molar-refractivity contribution < 1.29 is 9.52 Å². The topological polar surface area (TPSA) is 68.3 Å². The van der Waals surface area contributed by atoms with Gasteiger partial charge in [0.05, 0.1) is 16.4 Å². The Balaban J connectivity index is 2.03. The Kier molecular flexibility index (Phi) is 3.16. The Labute approximate surface area is 137 Å². The minimum absolute atomic E-state index is 0.142. The number of hydrogen-bond acceptors (Lipinski definition) is 4. The molecule has 0 aliphatic rings. The normalized spacial score (nSPS) is 11.4. The van der Waals surface area contributed by atoms with Gasteiger partial charge in [-0.2, -0.15) is 0 Å². The summed E-state index contributed by atoms with van der Waals surface area (Å²) in [6.07, 6.45) is 2.05. The van der Waals surface area contributed by atoms with E-state index in [1.54, 1.807) is 6.07 Å². The molecule has 4 rings (SSSR count). The van der Waals surface area contributed by atoms with Crippen LogP contribution in [-0.2, 0) is 13.5 Å². The fraction of sp³-hybridized carbons (Fsp3) is 0.158. The first-order valence-electron chi connectivity index (χ1n) is 7.79. The lowest BCUT2D eigenvalue weighted by Gasteiger charge is -2.06. The maximum absolute atomic E-state index is 12.9. The van der Waals surface area contributed by atoms with Crippen molar-refractivity contribution in [2.24, 2.45) is 7.05 Å². The van der Waals surface area contributed by atoms with Crippen molar-refractivity contribution in [3.63, 3.8) is 0 Å². The van der Waals surface area contributed by atoms with Crippen LogP contribution in [0.3, 0.4) is 0 Å². The number of imidazole rings is 1. The quantitative estimate of drug-likeness (QED) is 0.612. The molecule has 0 fully saturated rings. The van der Waals surface area contributed by atoms with Crippen LogP contribution < -0.4 is 5.43 Å². The summed E-state index contributed by atoms with van der Waals surface area (Å²) < 4.78 is 7.48. The van der Waals surface area contributed by atoms with E-state index in [2.05, 4.69) is 4.98 Å². The SMILES string of the molecule is CCc1cc2c(=O)c(-c3nc4ccccc4n3C)coc2cc1O. The molecule has 0 aliphatic heterocycles. The number of hydrogen-bond donors (Lipinski definition) is 1. The number of nitrogens with zero attached hydrogens (tertiary/aromatic N) is 2. The number of para-hydroxylation sites is 2. The molecule has 2 aromatic carbocycles. The van der Waals surface area contributed by atoms with Gasteiger partial charge in [0.2, 0.25) is 5.43 Å². The van der Waals surface area contributed by atoms with E-state index in [1.807, 2.05) is 42.8 Å². The van der Waals surface area contributed by atoms with Crippen LogP contribution in [-0.4, -0.2) is 14.7 Å². The summed E-state index contributed by atoms with van der Waals surface area (Å²) in [6.45, 7) is 1.93. The van der Waals surface area contributed by atoms with Crippen molar-refractivity contribution in [2.45, 2.75) is 13.3 Å². The molecule has 5 heteroatoms. The maximum atomic E-state index is 12.9. The molecule has 0 amide bonds. The average molecular weight is 320 g/mol. The molecule has 0 spiro atoms. The molecule has 0 saturated heterocycles. The largest absolute Gasteiger partial charge is 0.508 e. The number of benzene rings is 2. The Bertz CT molecular complexity index is 1140. The van der Waals surface area contributed by atoms with E-state index in [9.17, 15) is 9.90 Å².